The standard InChI is InChI=1S/C21H20N6O2/c1-27-19(20(28)24-12-13-4-3-5-15(10-13)29-2)16-7-6-14(11-18(16)26-27)17-8-9-23-21(22)25-17/h3-11H,12H2,1-2H3,(H,24,28)(H2,22,23,25). The molecule has 146 valence electrons. The van der Waals surface area contributed by atoms with E-state index in [9.17, 15) is 4.79 Å². The number of carbonyl (C=O) groups excluding carboxylic acids is 1. The van der Waals surface area contributed by atoms with Crippen LogP contribution in [-0.2, 0) is 13.6 Å². The van der Waals surface area contributed by atoms with Crippen LogP contribution in [0.3, 0.4) is 0 Å². The Kier molecular flexibility index (Phi) is 4.82. The molecule has 2 aromatic heterocycles. The number of rotatable bonds is 5. The summed E-state index contributed by atoms with van der Waals surface area (Å²) in [6.07, 6.45) is 1.61. The lowest BCUT2D eigenvalue weighted by atomic mass is 10.1. The van der Waals surface area contributed by atoms with Gasteiger partial charge in [-0.05, 0) is 35.9 Å². The van der Waals surface area contributed by atoms with Gasteiger partial charge < -0.3 is 15.8 Å². The van der Waals surface area contributed by atoms with Crippen molar-refractivity contribution >= 4 is 22.8 Å². The maximum atomic E-state index is 12.8. The predicted octanol–water partition coefficient (Wildman–Crippen LogP) is 2.55. The van der Waals surface area contributed by atoms with Crippen molar-refractivity contribution < 1.29 is 9.53 Å². The average Bonchev–Trinajstić information content (AvgIpc) is 3.07. The number of methoxy groups -OCH3 is 1. The lowest BCUT2D eigenvalue weighted by Crippen LogP contribution is -2.25. The lowest BCUT2D eigenvalue weighted by molar-refractivity contribution is 0.0943. The first-order chi connectivity index (χ1) is 14.0. The molecular weight excluding hydrogens is 368 g/mol. The van der Waals surface area contributed by atoms with Crippen LogP contribution in [0.5, 0.6) is 5.75 Å². The molecule has 8 heteroatoms. The van der Waals surface area contributed by atoms with Gasteiger partial charge in [0, 0.05) is 30.7 Å². The predicted molar refractivity (Wildman–Crippen MR) is 110 cm³/mol. The molecule has 4 rings (SSSR count). The second-order valence-corrected chi connectivity index (χ2v) is 6.54. The third kappa shape index (κ3) is 3.73. The number of hydrogen-bond donors (Lipinski definition) is 2. The summed E-state index contributed by atoms with van der Waals surface area (Å²) in [6, 6.07) is 15.0. The smallest absolute Gasteiger partial charge is 0.270 e. The molecule has 0 unspecified atom stereocenters. The molecule has 0 aliphatic carbocycles. The van der Waals surface area contributed by atoms with Crippen molar-refractivity contribution in [3.63, 3.8) is 0 Å². The van der Waals surface area contributed by atoms with Crippen LogP contribution in [0.2, 0.25) is 0 Å². The lowest BCUT2D eigenvalue weighted by Gasteiger charge is -2.07. The van der Waals surface area contributed by atoms with Gasteiger partial charge in [-0.15, -0.1) is 0 Å². The van der Waals surface area contributed by atoms with Crippen molar-refractivity contribution in [1.29, 1.82) is 0 Å². The highest BCUT2D eigenvalue weighted by Crippen LogP contribution is 2.25. The van der Waals surface area contributed by atoms with Crippen LogP contribution in [0, 0.1) is 0 Å². The van der Waals surface area contributed by atoms with Gasteiger partial charge in [0.15, 0.2) is 0 Å². The molecule has 2 aromatic carbocycles. The van der Waals surface area contributed by atoms with E-state index in [-0.39, 0.29) is 11.9 Å². The van der Waals surface area contributed by atoms with Crippen LogP contribution in [0.25, 0.3) is 22.2 Å². The highest BCUT2D eigenvalue weighted by atomic mass is 16.5. The van der Waals surface area contributed by atoms with Gasteiger partial charge in [-0.1, -0.05) is 18.2 Å². The van der Waals surface area contributed by atoms with Gasteiger partial charge in [-0.25, -0.2) is 9.97 Å². The summed E-state index contributed by atoms with van der Waals surface area (Å²) in [6.45, 7) is 0.390. The second kappa shape index (κ2) is 7.59. The number of fused-ring (bicyclic) bond motifs is 1. The Balaban J connectivity index is 1.60. The van der Waals surface area contributed by atoms with Crippen LogP contribution in [0.4, 0.5) is 5.95 Å². The number of amides is 1. The van der Waals surface area contributed by atoms with Gasteiger partial charge >= 0.3 is 0 Å². The normalized spacial score (nSPS) is 10.8. The molecule has 0 atom stereocenters. The Morgan fingerprint density at radius 3 is 2.86 bits per heavy atom. The van der Waals surface area contributed by atoms with Crippen LogP contribution in [0.1, 0.15) is 16.1 Å². The van der Waals surface area contributed by atoms with Crippen molar-refractivity contribution in [2.45, 2.75) is 6.54 Å². The van der Waals surface area contributed by atoms with Crippen LogP contribution < -0.4 is 15.8 Å². The molecule has 0 saturated carbocycles. The van der Waals surface area contributed by atoms with Gasteiger partial charge in [-0.3, -0.25) is 9.48 Å². The van der Waals surface area contributed by atoms with Gasteiger partial charge in [-0.2, -0.15) is 5.10 Å². The molecule has 0 aliphatic heterocycles. The van der Waals surface area contributed by atoms with Gasteiger partial charge in [0.05, 0.1) is 18.3 Å². The first kappa shape index (κ1) is 18.4. The number of aryl methyl sites for hydroxylation is 1. The van der Waals surface area contributed by atoms with Crippen molar-refractivity contribution in [3.05, 3.63) is 66.0 Å². The molecule has 8 nitrogen and oxygen atoms in total. The molecule has 0 fully saturated rings. The third-order valence-corrected chi connectivity index (χ3v) is 4.61. The first-order valence-corrected chi connectivity index (χ1v) is 9.02. The number of benzene rings is 2. The molecule has 29 heavy (non-hydrogen) atoms. The molecule has 1 amide bonds. The molecule has 0 aliphatic rings. The molecule has 0 saturated heterocycles. The maximum Gasteiger partial charge on any atom is 0.270 e. The molecule has 0 bridgehead atoms. The number of hydrogen-bond acceptors (Lipinski definition) is 6. The van der Waals surface area contributed by atoms with Crippen molar-refractivity contribution in [2.75, 3.05) is 12.8 Å². The summed E-state index contributed by atoms with van der Waals surface area (Å²) in [5.74, 6) is 0.763. The Bertz CT molecular complexity index is 1200. The Labute approximate surface area is 167 Å². The van der Waals surface area contributed by atoms with E-state index in [2.05, 4.69) is 20.4 Å². The van der Waals surface area contributed by atoms with E-state index in [0.717, 1.165) is 22.3 Å². The van der Waals surface area contributed by atoms with E-state index in [4.69, 9.17) is 10.5 Å². The minimum Gasteiger partial charge on any atom is -0.497 e. The quantitative estimate of drug-likeness (QED) is 0.544. The average molecular weight is 388 g/mol. The molecule has 0 radical (unpaired) electrons. The Hall–Kier alpha value is -3.94. The molecule has 3 N–H and O–H groups in total. The number of aromatic nitrogens is 4. The van der Waals surface area contributed by atoms with Gasteiger partial charge in [0.2, 0.25) is 5.95 Å². The first-order valence-electron chi connectivity index (χ1n) is 9.02. The number of nitrogens with two attached hydrogens (primary N) is 1. The number of nitrogens with zero attached hydrogens (tertiary/aromatic N) is 4. The molecule has 0 spiro atoms. The van der Waals surface area contributed by atoms with E-state index in [0.29, 0.717) is 23.4 Å². The topological polar surface area (TPSA) is 108 Å². The number of nitrogen functional groups attached to an aromatic ring is 1. The fourth-order valence-electron chi connectivity index (χ4n) is 3.21. The highest BCUT2D eigenvalue weighted by molar-refractivity contribution is 6.05. The highest BCUT2D eigenvalue weighted by Gasteiger charge is 2.17. The number of carbonyl (C=O) groups is 1. The second-order valence-electron chi connectivity index (χ2n) is 6.54. The summed E-state index contributed by atoms with van der Waals surface area (Å²) >= 11 is 0. The Morgan fingerprint density at radius 1 is 1.21 bits per heavy atom. The number of ether oxygens (including phenoxy) is 1. The zero-order valence-electron chi connectivity index (χ0n) is 16.1. The van der Waals surface area contributed by atoms with Gasteiger partial charge in [0.1, 0.15) is 11.4 Å². The zero-order chi connectivity index (χ0) is 20.4. The van der Waals surface area contributed by atoms with Crippen molar-refractivity contribution in [2.24, 2.45) is 7.05 Å². The zero-order valence-corrected chi connectivity index (χ0v) is 16.1. The molecule has 4 aromatic rings. The SMILES string of the molecule is COc1cccc(CNC(=O)c2c3ccc(-c4ccnc(N)n4)cc3nn2C)c1. The van der Waals surface area contributed by atoms with Gasteiger partial charge in [0.25, 0.3) is 5.91 Å². The summed E-state index contributed by atoms with van der Waals surface area (Å²) in [4.78, 5) is 21.0. The third-order valence-electron chi connectivity index (χ3n) is 4.61. The molecule has 2 heterocycles. The summed E-state index contributed by atoms with van der Waals surface area (Å²) in [5.41, 5.74) is 9.38. The summed E-state index contributed by atoms with van der Waals surface area (Å²) < 4.78 is 6.81. The number of anilines is 1. The van der Waals surface area contributed by atoms with E-state index in [1.807, 2.05) is 42.5 Å². The fourth-order valence-corrected chi connectivity index (χ4v) is 3.21. The van der Waals surface area contributed by atoms with Crippen LogP contribution >= 0.6 is 0 Å². The maximum absolute atomic E-state index is 12.8. The van der Waals surface area contributed by atoms with Crippen LogP contribution in [-0.4, -0.2) is 32.8 Å². The minimum absolute atomic E-state index is 0.197. The number of nitrogens with one attached hydrogen (secondary N) is 1. The Morgan fingerprint density at radius 2 is 2.07 bits per heavy atom. The largest absolute Gasteiger partial charge is 0.497 e. The van der Waals surface area contributed by atoms with E-state index in [1.54, 1.807) is 31.1 Å². The van der Waals surface area contributed by atoms with Crippen molar-refractivity contribution in [1.82, 2.24) is 25.1 Å². The van der Waals surface area contributed by atoms with Crippen LogP contribution in [0.15, 0.2) is 54.7 Å². The van der Waals surface area contributed by atoms with Crippen molar-refractivity contribution in [3.8, 4) is 17.0 Å². The van der Waals surface area contributed by atoms with E-state index < -0.39 is 0 Å². The fraction of sp³-hybridized carbons (Fsp3) is 0.143. The van der Waals surface area contributed by atoms with E-state index in [1.165, 1.54) is 0 Å². The summed E-state index contributed by atoms with van der Waals surface area (Å²) in [5, 5.41) is 8.20. The van der Waals surface area contributed by atoms with E-state index >= 15 is 0 Å². The molecular formula is C21H20N6O2. The summed E-state index contributed by atoms with van der Waals surface area (Å²) in [7, 11) is 3.37. The minimum atomic E-state index is -0.197. The monoisotopic (exact) mass is 388 g/mol.